The first-order chi connectivity index (χ1) is 8.47. The number of rotatable bonds is 5. The third-order valence-electron chi connectivity index (χ3n) is 3.64. The average Bonchev–Trinajstić information content (AvgIpc) is 2.28. The zero-order chi connectivity index (χ0) is 13.6. The van der Waals surface area contributed by atoms with E-state index in [2.05, 4.69) is 50.6 Å². The van der Waals surface area contributed by atoms with E-state index in [0.717, 1.165) is 0 Å². The minimum atomic E-state index is 0.306. The van der Waals surface area contributed by atoms with Crippen molar-refractivity contribution in [3.05, 3.63) is 23.3 Å². The lowest BCUT2D eigenvalue weighted by atomic mass is 9.72. The van der Waals surface area contributed by atoms with Crippen LogP contribution in [-0.4, -0.2) is 11.9 Å². The molecule has 0 fully saturated rings. The minimum absolute atomic E-state index is 0.306. The van der Waals surface area contributed by atoms with Crippen molar-refractivity contribution in [2.24, 2.45) is 5.41 Å². The highest BCUT2D eigenvalue weighted by Crippen LogP contribution is 2.40. The van der Waals surface area contributed by atoms with Gasteiger partial charge in [0.05, 0.1) is 5.88 Å². The molecule has 0 aliphatic heterocycles. The number of nitriles is 1. The van der Waals surface area contributed by atoms with Crippen LogP contribution in [0.15, 0.2) is 23.3 Å². The van der Waals surface area contributed by atoms with Crippen molar-refractivity contribution in [2.45, 2.75) is 53.0 Å². The molecule has 0 radical (unpaired) electrons. The van der Waals surface area contributed by atoms with Crippen LogP contribution in [0.5, 0.6) is 0 Å². The Bertz CT molecular complexity index is 374. The summed E-state index contributed by atoms with van der Waals surface area (Å²) in [6, 6.07) is 0.309. The molecule has 1 N–H and O–H groups in total. The van der Waals surface area contributed by atoms with Gasteiger partial charge in [-0.05, 0) is 55.9 Å². The maximum atomic E-state index is 8.46. The van der Waals surface area contributed by atoms with Gasteiger partial charge in [-0.15, -0.1) is 0 Å². The Hall–Kier alpha value is -0.720. The van der Waals surface area contributed by atoms with Crippen LogP contribution in [0.1, 0.15) is 47.0 Å². The predicted molar refractivity (Wildman–Crippen MR) is 80.1 cm³/mol. The first-order valence-corrected chi connectivity index (χ1v) is 7.58. The average molecular weight is 264 g/mol. The van der Waals surface area contributed by atoms with Crippen LogP contribution < -0.4 is 5.32 Å². The smallest absolute Gasteiger partial charge is 0.134 e. The zero-order valence-electron chi connectivity index (χ0n) is 11.9. The highest BCUT2D eigenvalue weighted by molar-refractivity contribution is 8.03. The highest BCUT2D eigenvalue weighted by atomic mass is 32.2. The van der Waals surface area contributed by atoms with Crippen molar-refractivity contribution >= 4 is 11.8 Å². The fourth-order valence-corrected chi connectivity index (χ4v) is 2.94. The summed E-state index contributed by atoms with van der Waals surface area (Å²) in [6.45, 7) is 9.04. The fourth-order valence-electron chi connectivity index (χ4n) is 2.52. The number of allylic oxidation sites excluding steroid dienone is 3. The molecule has 100 valence electrons. The van der Waals surface area contributed by atoms with E-state index in [1.54, 1.807) is 0 Å². The Morgan fingerprint density at radius 1 is 1.56 bits per heavy atom. The summed E-state index contributed by atoms with van der Waals surface area (Å²) in [6.07, 6.45) is 8.31. The quantitative estimate of drug-likeness (QED) is 0.459. The second-order valence-corrected chi connectivity index (χ2v) is 6.42. The standard InChI is InChI=1S/C15H24N2S/c1-12-6-5-9-15(3,4)14(12)8-7-13(2)17-11-18-10-16/h7-8,13,17H,5-6,9,11H2,1-4H3/b8-7+. The number of thioether (sulfide) groups is 1. The van der Waals surface area contributed by atoms with Gasteiger partial charge in [0.2, 0.25) is 0 Å². The molecular weight excluding hydrogens is 240 g/mol. The lowest BCUT2D eigenvalue weighted by Crippen LogP contribution is -2.24. The Kier molecular flexibility index (Phi) is 5.98. The van der Waals surface area contributed by atoms with Crippen LogP contribution in [0, 0.1) is 16.1 Å². The number of nitrogens with zero attached hydrogens (tertiary/aromatic N) is 1. The molecule has 3 heteroatoms. The fraction of sp³-hybridized carbons (Fsp3) is 0.667. The summed E-state index contributed by atoms with van der Waals surface area (Å²) in [5.41, 5.74) is 3.33. The molecular formula is C15H24N2S. The lowest BCUT2D eigenvalue weighted by Gasteiger charge is -2.33. The topological polar surface area (TPSA) is 35.8 Å². The predicted octanol–water partition coefficient (Wildman–Crippen LogP) is 4.22. The number of hydrogen-bond acceptors (Lipinski definition) is 3. The molecule has 0 saturated heterocycles. The van der Waals surface area contributed by atoms with Gasteiger partial charge in [0, 0.05) is 6.04 Å². The van der Waals surface area contributed by atoms with Crippen molar-refractivity contribution in [2.75, 3.05) is 5.88 Å². The summed E-state index contributed by atoms with van der Waals surface area (Å²) < 4.78 is 0. The van der Waals surface area contributed by atoms with E-state index >= 15 is 0 Å². The molecule has 1 aliphatic rings. The molecule has 1 rings (SSSR count). The molecule has 0 heterocycles. The number of nitrogens with one attached hydrogen (secondary N) is 1. The van der Waals surface area contributed by atoms with Gasteiger partial charge in [-0.2, -0.15) is 5.26 Å². The molecule has 0 aromatic rings. The maximum Gasteiger partial charge on any atom is 0.134 e. The van der Waals surface area contributed by atoms with Gasteiger partial charge in [-0.1, -0.05) is 31.6 Å². The first kappa shape index (κ1) is 15.3. The minimum Gasteiger partial charge on any atom is -0.301 e. The van der Waals surface area contributed by atoms with Crippen molar-refractivity contribution in [3.63, 3.8) is 0 Å². The van der Waals surface area contributed by atoms with Gasteiger partial charge in [0.15, 0.2) is 0 Å². The maximum absolute atomic E-state index is 8.46. The van der Waals surface area contributed by atoms with Crippen molar-refractivity contribution < 1.29 is 0 Å². The second kappa shape index (κ2) is 7.01. The molecule has 0 aromatic heterocycles. The van der Waals surface area contributed by atoms with Crippen molar-refractivity contribution in [3.8, 4) is 5.40 Å². The van der Waals surface area contributed by atoms with E-state index in [1.807, 2.05) is 0 Å². The Morgan fingerprint density at radius 2 is 2.28 bits per heavy atom. The Labute approximate surface area is 116 Å². The Balaban J connectivity index is 2.62. The summed E-state index contributed by atoms with van der Waals surface area (Å²) >= 11 is 1.25. The summed E-state index contributed by atoms with van der Waals surface area (Å²) in [5.74, 6) is 0.684. The van der Waals surface area contributed by atoms with E-state index in [-0.39, 0.29) is 0 Å². The Morgan fingerprint density at radius 3 is 2.89 bits per heavy atom. The van der Waals surface area contributed by atoms with Gasteiger partial charge >= 0.3 is 0 Å². The third kappa shape index (κ3) is 4.51. The molecule has 18 heavy (non-hydrogen) atoms. The molecule has 0 aromatic carbocycles. The molecule has 1 aliphatic carbocycles. The molecule has 0 saturated carbocycles. The molecule has 1 unspecified atom stereocenters. The molecule has 2 nitrogen and oxygen atoms in total. The summed E-state index contributed by atoms with van der Waals surface area (Å²) in [5, 5.41) is 13.8. The van der Waals surface area contributed by atoms with E-state index in [0.29, 0.717) is 17.3 Å². The monoisotopic (exact) mass is 264 g/mol. The van der Waals surface area contributed by atoms with Crippen LogP contribution in [0.2, 0.25) is 0 Å². The number of thiocyanates is 1. The van der Waals surface area contributed by atoms with Crippen LogP contribution in [-0.2, 0) is 0 Å². The SMILES string of the molecule is CC1=C(/C=C/C(C)NCSC#N)C(C)(C)CCC1. The van der Waals surface area contributed by atoms with Gasteiger partial charge in [-0.3, -0.25) is 0 Å². The summed E-state index contributed by atoms with van der Waals surface area (Å²) in [7, 11) is 0. The van der Waals surface area contributed by atoms with Gasteiger partial charge in [-0.25, -0.2) is 0 Å². The third-order valence-corrected chi connectivity index (χ3v) is 4.08. The highest BCUT2D eigenvalue weighted by Gasteiger charge is 2.26. The molecule has 0 bridgehead atoms. The molecule has 0 amide bonds. The van der Waals surface area contributed by atoms with Gasteiger partial charge in [0.25, 0.3) is 0 Å². The first-order valence-electron chi connectivity index (χ1n) is 6.60. The second-order valence-electron chi connectivity index (χ2n) is 5.66. The van der Waals surface area contributed by atoms with Gasteiger partial charge in [0.1, 0.15) is 5.40 Å². The molecule has 1 atom stereocenters. The van der Waals surface area contributed by atoms with Crippen LogP contribution in [0.4, 0.5) is 0 Å². The van der Waals surface area contributed by atoms with Crippen molar-refractivity contribution in [1.29, 1.82) is 5.26 Å². The number of hydrogen-bond donors (Lipinski definition) is 1. The van der Waals surface area contributed by atoms with E-state index in [1.165, 1.54) is 42.2 Å². The van der Waals surface area contributed by atoms with E-state index < -0.39 is 0 Å². The van der Waals surface area contributed by atoms with Crippen LogP contribution >= 0.6 is 11.8 Å². The van der Waals surface area contributed by atoms with Crippen LogP contribution in [0.3, 0.4) is 0 Å². The zero-order valence-corrected chi connectivity index (χ0v) is 12.7. The normalized spacial score (nSPS) is 21.1. The van der Waals surface area contributed by atoms with Crippen LogP contribution in [0.25, 0.3) is 0 Å². The van der Waals surface area contributed by atoms with Crippen molar-refractivity contribution in [1.82, 2.24) is 5.32 Å². The molecule has 0 spiro atoms. The van der Waals surface area contributed by atoms with Gasteiger partial charge < -0.3 is 5.32 Å². The lowest BCUT2D eigenvalue weighted by molar-refractivity contribution is 0.376. The summed E-state index contributed by atoms with van der Waals surface area (Å²) in [4.78, 5) is 0. The van der Waals surface area contributed by atoms with E-state index in [9.17, 15) is 0 Å². The largest absolute Gasteiger partial charge is 0.301 e. The van der Waals surface area contributed by atoms with E-state index in [4.69, 9.17) is 5.26 Å².